The second-order valence-electron chi connectivity index (χ2n) is 6.48. The Hall–Kier alpha value is -0.570. The molecule has 90 valence electrons. The van der Waals surface area contributed by atoms with Gasteiger partial charge in [-0.15, -0.1) is 0 Å². The molecular formula is C13H22N2O. The molecule has 0 aromatic heterocycles. The van der Waals surface area contributed by atoms with E-state index in [1.165, 1.54) is 19.3 Å². The molecule has 0 radical (unpaired) electrons. The van der Waals surface area contributed by atoms with Gasteiger partial charge in [0.05, 0.1) is 0 Å². The molecule has 3 fully saturated rings. The third-order valence-corrected chi connectivity index (χ3v) is 4.58. The fraction of sp³-hybridized carbons (Fsp3) is 0.923. The molecule has 1 aliphatic carbocycles. The second kappa shape index (κ2) is 3.46. The minimum Gasteiger partial charge on any atom is -0.339 e. The maximum atomic E-state index is 12.3. The summed E-state index contributed by atoms with van der Waals surface area (Å²) >= 11 is 0. The lowest BCUT2D eigenvalue weighted by molar-refractivity contribution is -0.135. The van der Waals surface area contributed by atoms with Crippen LogP contribution in [0, 0.1) is 11.3 Å². The highest BCUT2D eigenvalue weighted by molar-refractivity contribution is 5.82. The normalized spacial score (nSPS) is 40.6. The Balaban J connectivity index is 1.65. The molecule has 3 heteroatoms. The van der Waals surface area contributed by atoms with E-state index in [4.69, 9.17) is 0 Å². The number of hydrogen-bond donors (Lipinski definition) is 1. The van der Waals surface area contributed by atoms with Crippen molar-refractivity contribution in [3.63, 3.8) is 0 Å². The number of nitrogens with one attached hydrogen (secondary N) is 1. The van der Waals surface area contributed by atoms with E-state index in [2.05, 4.69) is 24.1 Å². The molecule has 2 heterocycles. The highest BCUT2D eigenvalue weighted by Gasteiger charge is 2.52. The van der Waals surface area contributed by atoms with Crippen molar-refractivity contribution < 1.29 is 4.79 Å². The largest absolute Gasteiger partial charge is 0.339 e. The highest BCUT2D eigenvalue weighted by Crippen LogP contribution is 2.52. The molecule has 3 rings (SSSR count). The zero-order valence-corrected chi connectivity index (χ0v) is 10.3. The topological polar surface area (TPSA) is 32.3 Å². The van der Waals surface area contributed by atoms with E-state index in [9.17, 15) is 4.79 Å². The maximum Gasteiger partial charge on any atom is 0.226 e. The predicted molar refractivity (Wildman–Crippen MR) is 63.0 cm³/mol. The second-order valence-corrected chi connectivity index (χ2v) is 6.48. The Kier molecular flexibility index (Phi) is 2.29. The van der Waals surface area contributed by atoms with Crippen LogP contribution in [0.2, 0.25) is 0 Å². The number of hydrogen-bond acceptors (Lipinski definition) is 2. The first-order chi connectivity index (χ1) is 7.56. The lowest BCUT2D eigenvalue weighted by Gasteiger charge is -2.42. The summed E-state index contributed by atoms with van der Waals surface area (Å²) in [5.74, 6) is 0.731. The molecule has 1 N–H and O–H groups in total. The maximum absolute atomic E-state index is 12.3. The van der Waals surface area contributed by atoms with Gasteiger partial charge in [-0.3, -0.25) is 4.79 Å². The van der Waals surface area contributed by atoms with Crippen LogP contribution in [0.25, 0.3) is 0 Å². The molecule has 2 aliphatic heterocycles. The molecule has 2 bridgehead atoms. The summed E-state index contributed by atoms with van der Waals surface area (Å²) in [5.41, 5.74) is 0.275. The predicted octanol–water partition coefficient (Wildman–Crippen LogP) is 1.39. The molecule has 3 nitrogen and oxygen atoms in total. The third-order valence-electron chi connectivity index (χ3n) is 4.58. The van der Waals surface area contributed by atoms with Crippen LogP contribution in [-0.4, -0.2) is 36.0 Å². The number of fused-ring (bicyclic) bond motifs is 2. The number of carbonyl (C=O) groups is 1. The third kappa shape index (κ3) is 1.75. The van der Waals surface area contributed by atoms with E-state index in [0.717, 1.165) is 19.5 Å². The molecule has 0 spiro atoms. The molecule has 0 aromatic carbocycles. The fourth-order valence-electron chi connectivity index (χ4n) is 3.29. The van der Waals surface area contributed by atoms with Gasteiger partial charge in [-0.05, 0) is 24.7 Å². The van der Waals surface area contributed by atoms with Gasteiger partial charge in [-0.25, -0.2) is 0 Å². The minimum atomic E-state index is 0.275. The smallest absolute Gasteiger partial charge is 0.226 e. The van der Waals surface area contributed by atoms with E-state index in [1.807, 2.05) is 0 Å². The van der Waals surface area contributed by atoms with Crippen molar-refractivity contribution in [3.8, 4) is 0 Å². The quantitative estimate of drug-likeness (QED) is 0.727. The number of nitrogens with zero attached hydrogens (tertiary/aromatic N) is 1. The van der Waals surface area contributed by atoms with Gasteiger partial charge in [0, 0.05) is 31.1 Å². The number of piperazine rings is 1. The summed E-state index contributed by atoms with van der Waals surface area (Å²) in [7, 11) is 0. The summed E-state index contributed by atoms with van der Waals surface area (Å²) in [6.07, 6.45) is 4.91. The molecule has 2 saturated heterocycles. The SMILES string of the molecule is CC1(C)CC1C(=O)N1CC2CCCC(C1)N2. The van der Waals surface area contributed by atoms with Gasteiger partial charge >= 0.3 is 0 Å². The zero-order chi connectivity index (χ0) is 11.3. The summed E-state index contributed by atoms with van der Waals surface area (Å²) in [4.78, 5) is 14.4. The Bertz CT molecular complexity index is 301. The van der Waals surface area contributed by atoms with Crippen molar-refractivity contribution in [2.24, 2.45) is 11.3 Å². The van der Waals surface area contributed by atoms with Crippen molar-refractivity contribution in [1.82, 2.24) is 10.2 Å². The van der Waals surface area contributed by atoms with Gasteiger partial charge in [0.15, 0.2) is 0 Å². The number of amides is 1. The van der Waals surface area contributed by atoms with Crippen LogP contribution in [0.4, 0.5) is 0 Å². The van der Waals surface area contributed by atoms with E-state index >= 15 is 0 Å². The van der Waals surface area contributed by atoms with Crippen LogP contribution in [-0.2, 0) is 4.79 Å². The van der Waals surface area contributed by atoms with Gasteiger partial charge in [0.2, 0.25) is 5.91 Å². The van der Waals surface area contributed by atoms with Crippen LogP contribution < -0.4 is 5.32 Å². The lowest BCUT2D eigenvalue weighted by Crippen LogP contribution is -2.60. The molecule has 0 aromatic rings. The van der Waals surface area contributed by atoms with Crippen molar-refractivity contribution >= 4 is 5.91 Å². The molecule has 3 atom stereocenters. The van der Waals surface area contributed by atoms with Crippen LogP contribution in [0.3, 0.4) is 0 Å². The van der Waals surface area contributed by atoms with E-state index in [0.29, 0.717) is 23.9 Å². The first kappa shape index (κ1) is 10.6. The van der Waals surface area contributed by atoms with Gasteiger partial charge in [-0.2, -0.15) is 0 Å². The number of carbonyl (C=O) groups excluding carboxylic acids is 1. The summed E-state index contributed by atoms with van der Waals surface area (Å²) < 4.78 is 0. The Morgan fingerprint density at radius 1 is 1.25 bits per heavy atom. The van der Waals surface area contributed by atoms with Gasteiger partial charge in [-0.1, -0.05) is 20.3 Å². The summed E-state index contributed by atoms with van der Waals surface area (Å²) in [5, 5.41) is 3.62. The molecular weight excluding hydrogens is 200 g/mol. The Labute approximate surface area is 97.6 Å². The molecule has 1 saturated carbocycles. The van der Waals surface area contributed by atoms with Crippen molar-refractivity contribution in [2.45, 2.75) is 51.6 Å². The molecule has 16 heavy (non-hydrogen) atoms. The standard InChI is InChI=1S/C13H22N2O/c1-13(2)6-11(13)12(16)15-7-9-4-3-5-10(8-15)14-9/h9-11,14H,3-8H2,1-2H3. The van der Waals surface area contributed by atoms with Crippen molar-refractivity contribution in [1.29, 1.82) is 0 Å². The monoisotopic (exact) mass is 222 g/mol. The van der Waals surface area contributed by atoms with Crippen molar-refractivity contribution in [3.05, 3.63) is 0 Å². The summed E-state index contributed by atoms with van der Waals surface area (Å²) in [6.45, 7) is 6.31. The van der Waals surface area contributed by atoms with Gasteiger partial charge < -0.3 is 10.2 Å². The van der Waals surface area contributed by atoms with E-state index < -0.39 is 0 Å². The zero-order valence-electron chi connectivity index (χ0n) is 10.3. The summed E-state index contributed by atoms with van der Waals surface area (Å²) in [6, 6.07) is 1.14. The van der Waals surface area contributed by atoms with E-state index in [-0.39, 0.29) is 5.41 Å². The van der Waals surface area contributed by atoms with Crippen LogP contribution in [0.5, 0.6) is 0 Å². The number of likely N-dealkylation sites (tertiary alicyclic amines) is 1. The van der Waals surface area contributed by atoms with Crippen LogP contribution in [0.15, 0.2) is 0 Å². The average molecular weight is 222 g/mol. The van der Waals surface area contributed by atoms with Gasteiger partial charge in [0.25, 0.3) is 0 Å². The molecule has 3 unspecified atom stereocenters. The highest BCUT2D eigenvalue weighted by atomic mass is 16.2. The fourth-order valence-corrected chi connectivity index (χ4v) is 3.29. The van der Waals surface area contributed by atoms with Crippen LogP contribution in [0.1, 0.15) is 39.5 Å². The first-order valence-corrected chi connectivity index (χ1v) is 6.61. The number of piperidine rings is 1. The average Bonchev–Trinajstić information content (AvgIpc) is 2.86. The van der Waals surface area contributed by atoms with E-state index in [1.54, 1.807) is 0 Å². The lowest BCUT2D eigenvalue weighted by atomic mass is 9.94. The van der Waals surface area contributed by atoms with Crippen molar-refractivity contribution in [2.75, 3.05) is 13.1 Å². The first-order valence-electron chi connectivity index (χ1n) is 6.61. The molecule has 3 aliphatic rings. The Morgan fingerprint density at radius 2 is 1.81 bits per heavy atom. The number of rotatable bonds is 1. The molecule has 1 amide bonds. The van der Waals surface area contributed by atoms with Crippen LogP contribution >= 0.6 is 0 Å². The minimum absolute atomic E-state index is 0.275. The van der Waals surface area contributed by atoms with Gasteiger partial charge in [0.1, 0.15) is 0 Å². The Morgan fingerprint density at radius 3 is 2.31 bits per heavy atom.